The number of hydrogen-bond acceptors (Lipinski definition) is 4. The Morgan fingerprint density at radius 2 is 1.88 bits per heavy atom. The molecule has 1 aromatic rings. The van der Waals surface area contributed by atoms with Crippen molar-refractivity contribution in [3.8, 4) is 0 Å². The molecule has 1 atom stereocenters. The van der Waals surface area contributed by atoms with Crippen molar-refractivity contribution in [2.75, 3.05) is 32.8 Å². The summed E-state index contributed by atoms with van der Waals surface area (Å²) in [5, 5.41) is 5.34. The van der Waals surface area contributed by atoms with Crippen LogP contribution in [0.1, 0.15) is 45.3 Å². The molecule has 1 aromatic carbocycles. The van der Waals surface area contributed by atoms with Crippen molar-refractivity contribution < 1.29 is 14.3 Å². The Morgan fingerprint density at radius 1 is 1.15 bits per heavy atom. The van der Waals surface area contributed by atoms with Gasteiger partial charge in [0.2, 0.25) is 0 Å². The van der Waals surface area contributed by atoms with Crippen molar-refractivity contribution in [3.05, 3.63) is 35.9 Å². The molecule has 1 fully saturated rings. The zero-order valence-corrected chi connectivity index (χ0v) is 16.1. The minimum absolute atomic E-state index is 0.130. The van der Waals surface area contributed by atoms with Gasteiger partial charge >= 0.3 is 11.8 Å². The molecule has 144 valence electrons. The second-order valence-corrected chi connectivity index (χ2v) is 7.74. The number of carbonyl (C=O) groups is 2. The summed E-state index contributed by atoms with van der Waals surface area (Å²) in [7, 11) is 0. The fourth-order valence-corrected chi connectivity index (χ4v) is 2.91. The fraction of sp³-hybridized carbons (Fsp3) is 0.600. The molecular weight excluding hydrogens is 330 g/mol. The number of carbonyl (C=O) groups excluding carboxylic acids is 2. The average Bonchev–Trinajstić information content (AvgIpc) is 2.61. The summed E-state index contributed by atoms with van der Waals surface area (Å²) in [5.74, 6) is -1.13. The molecule has 2 N–H and O–H groups in total. The average molecular weight is 361 g/mol. The lowest BCUT2D eigenvalue weighted by Crippen LogP contribution is -2.48. The Hall–Kier alpha value is -1.92. The number of benzene rings is 1. The van der Waals surface area contributed by atoms with E-state index in [4.69, 9.17) is 4.74 Å². The first-order valence-corrected chi connectivity index (χ1v) is 9.34. The van der Waals surface area contributed by atoms with Crippen LogP contribution in [0.15, 0.2) is 30.3 Å². The van der Waals surface area contributed by atoms with Gasteiger partial charge in [0.05, 0.1) is 12.7 Å². The molecule has 1 aliphatic rings. The maximum absolute atomic E-state index is 11.7. The molecule has 2 amide bonds. The van der Waals surface area contributed by atoms with E-state index >= 15 is 0 Å². The smallest absolute Gasteiger partial charge is 0.309 e. The minimum Gasteiger partial charge on any atom is -0.371 e. The molecule has 0 spiro atoms. The Balaban J connectivity index is 1.62. The molecule has 1 aliphatic heterocycles. The van der Waals surface area contributed by atoms with Crippen LogP contribution in [0.3, 0.4) is 0 Å². The largest absolute Gasteiger partial charge is 0.371 e. The fourth-order valence-electron chi connectivity index (χ4n) is 2.91. The summed E-state index contributed by atoms with van der Waals surface area (Å²) in [6, 6.07) is 10.3. The highest BCUT2D eigenvalue weighted by molar-refractivity contribution is 6.35. The summed E-state index contributed by atoms with van der Waals surface area (Å²) in [5.41, 5.74) is 0.814. The molecule has 0 aromatic heterocycles. The molecule has 26 heavy (non-hydrogen) atoms. The van der Waals surface area contributed by atoms with Crippen molar-refractivity contribution in [2.24, 2.45) is 0 Å². The lowest BCUT2D eigenvalue weighted by molar-refractivity contribution is -0.140. The normalized spacial score (nSPS) is 18.3. The Morgan fingerprint density at radius 3 is 2.58 bits per heavy atom. The highest BCUT2D eigenvalue weighted by Crippen LogP contribution is 2.21. The van der Waals surface area contributed by atoms with Crippen LogP contribution in [0.4, 0.5) is 0 Å². The molecule has 0 saturated carbocycles. The van der Waals surface area contributed by atoms with Gasteiger partial charge in [0.25, 0.3) is 0 Å². The monoisotopic (exact) mass is 361 g/mol. The van der Waals surface area contributed by atoms with Gasteiger partial charge < -0.3 is 15.4 Å². The highest BCUT2D eigenvalue weighted by Gasteiger charge is 2.22. The van der Waals surface area contributed by atoms with Gasteiger partial charge in [-0.15, -0.1) is 0 Å². The number of nitrogens with zero attached hydrogens (tertiary/aromatic N) is 1. The topological polar surface area (TPSA) is 70.7 Å². The predicted molar refractivity (Wildman–Crippen MR) is 102 cm³/mol. The molecule has 2 rings (SSSR count). The molecule has 6 nitrogen and oxygen atoms in total. The predicted octanol–water partition coefficient (Wildman–Crippen LogP) is 1.87. The van der Waals surface area contributed by atoms with E-state index in [1.54, 1.807) is 0 Å². The summed E-state index contributed by atoms with van der Waals surface area (Å²) in [4.78, 5) is 25.8. The standard InChI is InChI=1S/C20H31N3O3/c1-20(2,3)22-19(25)18(24)21-11-7-8-12-23-13-14-26-17(15-23)16-9-5-4-6-10-16/h4-6,9-10,17H,7-8,11-15H2,1-3H3,(H,21,24)(H,22,25)/t17-/m0/s1. The first kappa shape index (κ1) is 20.4. The Kier molecular flexibility index (Phi) is 7.60. The summed E-state index contributed by atoms with van der Waals surface area (Å²) >= 11 is 0. The van der Waals surface area contributed by atoms with E-state index in [-0.39, 0.29) is 6.10 Å². The lowest BCUT2D eigenvalue weighted by Gasteiger charge is -2.33. The van der Waals surface area contributed by atoms with Crippen LogP contribution in [0, 0.1) is 0 Å². The van der Waals surface area contributed by atoms with E-state index in [1.807, 2.05) is 39.0 Å². The number of unbranched alkanes of at least 4 members (excludes halogenated alkanes) is 1. The van der Waals surface area contributed by atoms with E-state index in [2.05, 4.69) is 27.7 Å². The molecule has 0 unspecified atom stereocenters. The summed E-state index contributed by atoms with van der Waals surface area (Å²) in [6.45, 7) is 9.60. The number of nitrogens with one attached hydrogen (secondary N) is 2. The van der Waals surface area contributed by atoms with Crippen LogP contribution < -0.4 is 10.6 Å². The maximum atomic E-state index is 11.7. The number of morpholine rings is 1. The Bertz CT molecular complexity index is 584. The van der Waals surface area contributed by atoms with E-state index < -0.39 is 17.4 Å². The van der Waals surface area contributed by atoms with Crippen molar-refractivity contribution in [1.29, 1.82) is 0 Å². The van der Waals surface area contributed by atoms with E-state index in [1.165, 1.54) is 5.56 Å². The first-order chi connectivity index (χ1) is 12.3. The quantitative estimate of drug-likeness (QED) is 0.599. The summed E-state index contributed by atoms with van der Waals surface area (Å²) in [6.07, 6.45) is 1.95. The number of rotatable bonds is 6. The van der Waals surface area contributed by atoms with Crippen molar-refractivity contribution in [3.63, 3.8) is 0 Å². The molecule has 0 bridgehead atoms. The summed E-state index contributed by atoms with van der Waals surface area (Å²) < 4.78 is 5.88. The first-order valence-electron chi connectivity index (χ1n) is 9.34. The van der Waals surface area contributed by atoms with Crippen LogP contribution >= 0.6 is 0 Å². The second-order valence-electron chi connectivity index (χ2n) is 7.74. The van der Waals surface area contributed by atoms with Gasteiger partial charge in [-0.3, -0.25) is 14.5 Å². The van der Waals surface area contributed by atoms with Crippen LogP contribution in [-0.2, 0) is 14.3 Å². The molecule has 1 saturated heterocycles. The third kappa shape index (κ3) is 7.14. The van der Waals surface area contributed by atoms with Crippen molar-refractivity contribution >= 4 is 11.8 Å². The molecule has 6 heteroatoms. The lowest BCUT2D eigenvalue weighted by atomic mass is 10.1. The number of hydrogen-bond donors (Lipinski definition) is 2. The maximum Gasteiger partial charge on any atom is 0.309 e. The van der Waals surface area contributed by atoms with Crippen molar-refractivity contribution in [1.82, 2.24) is 15.5 Å². The third-order valence-corrected chi connectivity index (χ3v) is 4.20. The van der Waals surface area contributed by atoms with E-state index in [0.717, 1.165) is 39.1 Å². The van der Waals surface area contributed by atoms with E-state index in [9.17, 15) is 9.59 Å². The van der Waals surface area contributed by atoms with Crippen LogP contribution in [0.2, 0.25) is 0 Å². The van der Waals surface area contributed by atoms with Gasteiger partial charge in [-0.25, -0.2) is 0 Å². The number of ether oxygens (including phenoxy) is 1. The van der Waals surface area contributed by atoms with Crippen LogP contribution in [0.25, 0.3) is 0 Å². The van der Waals surface area contributed by atoms with Crippen LogP contribution in [-0.4, -0.2) is 55.0 Å². The van der Waals surface area contributed by atoms with Crippen molar-refractivity contribution in [2.45, 2.75) is 45.3 Å². The second kappa shape index (κ2) is 9.69. The minimum atomic E-state index is -0.573. The van der Waals surface area contributed by atoms with Gasteiger partial charge in [-0.2, -0.15) is 0 Å². The molecule has 0 aliphatic carbocycles. The molecule has 0 radical (unpaired) electrons. The van der Waals surface area contributed by atoms with Crippen LogP contribution in [0.5, 0.6) is 0 Å². The zero-order chi connectivity index (χ0) is 19.0. The highest BCUT2D eigenvalue weighted by atomic mass is 16.5. The Labute approximate surface area is 156 Å². The number of amides is 2. The van der Waals surface area contributed by atoms with Gasteiger partial charge in [0, 0.05) is 25.2 Å². The third-order valence-electron chi connectivity index (χ3n) is 4.20. The van der Waals surface area contributed by atoms with Gasteiger partial charge in [-0.1, -0.05) is 30.3 Å². The van der Waals surface area contributed by atoms with E-state index in [0.29, 0.717) is 6.54 Å². The van der Waals surface area contributed by atoms with Gasteiger partial charge in [-0.05, 0) is 45.7 Å². The molecule has 1 heterocycles. The zero-order valence-electron chi connectivity index (χ0n) is 16.1. The van der Waals surface area contributed by atoms with Gasteiger partial charge in [0.1, 0.15) is 0 Å². The van der Waals surface area contributed by atoms with Gasteiger partial charge in [0.15, 0.2) is 0 Å². The molecular formula is C20H31N3O3. The SMILES string of the molecule is CC(C)(C)NC(=O)C(=O)NCCCCN1CCO[C@H](c2ccccc2)C1.